The highest BCUT2D eigenvalue weighted by Crippen LogP contribution is 2.30. The molecule has 31 heavy (non-hydrogen) atoms. The van der Waals surface area contributed by atoms with Gasteiger partial charge in [0.15, 0.2) is 11.5 Å². The number of hydrogen-bond donors (Lipinski definition) is 1. The molecule has 2 rings (SSSR count). The molecule has 6 nitrogen and oxygen atoms in total. The number of rotatable bonds is 10. The minimum Gasteiger partial charge on any atom is -0.503 e. The van der Waals surface area contributed by atoms with Crippen molar-refractivity contribution >= 4 is 34.7 Å². The van der Waals surface area contributed by atoms with Crippen molar-refractivity contribution < 1.29 is 24.1 Å². The van der Waals surface area contributed by atoms with Crippen molar-refractivity contribution in [1.82, 2.24) is 4.98 Å². The number of halogens is 1. The highest BCUT2D eigenvalue weighted by molar-refractivity contribution is 7.80. The molecule has 0 amide bonds. The molecule has 1 N–H and O–H groups in total. The van der Waals surface area contributed by atoms with Gasteiger partial charge in [-0.15, -0.1) is 0 Å². The average Bonchev–Trinajstić information content (AvgIpc) is 2.72. The Kier molecular flexibility index (Phi) is 9.07. The van der Waals surface area contributed by atoms with Crippen LogP contribution in [-0.4, -0.2) is 40.2 Å². The molecule has 168 valence electrons. The maximum atomic E-state index is 12.7. The molecule has 0 radical (unpaired) electrons. The van der Waals surface area contributed by atoms with Crippen LogP contribution in [0.3, 0.4) is 0 Å². The van der Waals surface area contributed by atoms with E-state index in [1.165, 1.54) is 19.4 Å². The molecule has 0 aliphatic rings. The number of aromatic nitrogens is 1. The molecule has 0 spiro atoms. The standard InChI is InChI=1S/C23H28ClNO5S/c1-13(2)22(30-17-8-6-16(24)7-9-17)15(4)29-23(27)14(3)12-19(31)20-21(26)18(28-5)10-11-25-20/h6-11,13-15,22,26H,12H2,1-5H3/t14-,15+,22-/m1/s1. The van der Waals surface area contributed by atoms with E-state index in [4.69, 9.17) is 38.0 Å². The predicted molar refractivity (Wildman–Crippen MR) is 124 cm³/mol. The van der Waals surface area contributed by atoms with Gasteiger partial charge >= 0.3 is 5.97 Å². The second-order valence-corrected chi connectivity index (χ2v) is 8.59. The topological polar surface area (TPSA) is 77.9 Å². The number of ether oxygens (including phenoxy) is 3. The van der Waals surface area contributed by atoms with Crippen LogP contribution in [0.2, 0.25) is 5.02 Å². The number of pyridine rings is 1. The van der Waals surface area contributed by atoms with Gasteiger partial charge in [-0.3, -0.25) is 9.78 Å². The highest BCUT2D eigenvalue weighted by Gasteiger charge is 2.29. The molecule has 0 aliphatic carbocycles. The molecule has 1 heterocycles. The minimum absolute atomic E-state index is 0.104. The Bertz CT molecular complexity index is 903. The summed E-state index contributed by atoms with van der Waals surface area (Å²) in [4.78, 5) is 17.2. The molecule has 0 aliphatic heterocycles. The number of methoxy groups -OCH3 is 1. The Morgan fingerprint density at radius 2 is 1.81 bits per heavy atom. The van der Waals surface area contributed by atoms with Gasteiger partial charge in [0.2, 0.25) is 0 Å². The van der Waals surface area contributed by atoms with Crippen molar-refractivity contribution in [2.75, 3.05) is 7.11 Å². The Labute approximate surface area is 193 Å². The van der Waals surface area contributed by atoms with Gasteiger partial charge in [-0.25, -0.2) is 0 Å². The van der Waals surface area contributed by atoms with Crippen LogP contribution < -0.4 is 9.47 Å². The first kappa shape index (κ1) is 24.9. The molecule has 1 aromatic carbocycles. The Morgan fingerprint density at radius 3 is 2.39 bits per heavy atom. The fourth-order valence-corrected chi connectivity index (χ4v) is 3.60. The summed E-state index contributed by atoms with van der Waals surface area (Å²) >= 11 is 11.3. The van der Waals surface area contributed by atoms with E-state index < -0.39 is 18.0 Å². The van der Waals surface area contributed by atoms with Gasteiger partial charge < -0.3 is 19.3 Å². The summed E-state index contributed by atoms with van der Waals surface area (Å²) in [7, 11) is 1.44. The lowest BCUT2D eigenvalue weighted by Gasteiger charge is -2.29. The van der Waals surface area contributed by atoms with Gasteiger partial charge in [0.05, 0.1) is 13.0 Å². The zero-order valence-electron chi connectivity index (χ0n) is 18.3. The van der Waals surface area contributed by atoms with Crippen LogP contribution >= 0.6 is 23.8 Å². The van der Waals surface area contributed by atoms with Crippen molar-refractivity contribution in [2.45, 2.75) is 46.3 Å². The predicted octanol–water partition coefficient (Wildman–Crippen LogP) is 5.23. The minimum atomic E-state index is -0.523. The summed E-state index contributed by atoms with van der Waals surface area (Å²) in [6.07, 6.45) is 0.877. The van der Waals surface area contributed by atoms with Crippen LogP contribution in [0.25, 0.3) is 0 Å². The summed E-state index contributed by atoms with van der Waals surface area (Å²) in [5.41, 5.74) is 0.230. The third-order valence-corrected chi connectivity index (χ3v) is 5.38. The van der Waals surface area contributed by atoms with Crippen LogP contribution in [0.15, 0.2) is 36.5 Å². The largest absolute Gasteiger partial charge is 0.503 e. The van der Waals surface area contributed by atoms with E-state index in [0.29, 0.717) is 15.6 Å². The molecule has 0 bridgehead atoms. The number of hydrogen-bond acceptors (Lipinski definition) is 7. The molecule has 1 aromatic heterocycles. The lowest BCUT2D eigenvalue weighted by molar-refractivity contribution is -0.158. The summed E-state index contributed by atoms with van der Waals surface area (Å²) < 4.78 is 16.8. The normalized spacial score (nSPS) is 13.9. The smallest absolute Gasteiger partial charge is 0.309 e. The van der Waals surface area contributed by atoms with Gasteiger partial charge in [-0.05, 0) is 43.5 Å². The summed E-state index contributed by atoms with van der Waals surface area (Å²) in [5.74, 6) is -0.0311. The average molecular weight is 466 g/mol. The summed E-state index contributed by atoms with van der Waals surface area (Å²) in [6.45, 7) is 7.53. The Balaban J connectivity index is 2.01. The maximum absolute atomic E-state index is 12.7. The van der Waals surface area contributed by atoms with Gasteiger partial charge in [0.1, 0.15) is 23.7 Å². The zero-order valence-corrected chi connectivity index (χ0v) is 19.9. The monoisotopic (exact) mass is 465 g/mol. The maximum Gasteiger partial charge on any atom is 0.309 e. The van der Waals surface area contributed by atoms with E-state index in [2.05, 4.69) is 4.98 Å². The Hall–Kier alpha value is -2.38. The third kappa shape index (κ3) is 6.80. The number of aromatic hydroxyl groups is 1. The lowest BCUT2D eigenvalue weighted by atomic mass is 10.0. The van der Waals surface area contributed by atoms with Crippen molar-refractivity contribution in [1.29, 1.82) is 0 Å². The van der Waals surface area contributed by atoms with E-state index in [0.717, 1.165) is 0 Å². The van der Waals surface area contributed by atoms with E-state index in [1.54, 1.807) is 38.1 Å². The van der Waals surface area contributed by atoms with E-state index >= 15 is 0 Å². The molecular weight excluding hydrogens is 438 g/mol. The molecule has 2 aromatic rings. The third-order valence-electron chi connectivity index (χ3n) is 4.77. The number of benzene rings is 1. The van der Waals surface area contributed by atoms with Crippen LogP contribution in [0, 0.1) is 11.8 Å². The van der Waals surface area contributed by atoms with Gasteiger partial charge in [-0.1, -0.05) is 44.6 Å². The first-order chi connectivity index (χ1) is 14.6. The fourth-order valence-electron chi connectivity index (χ4n) is 3.07. The molecule has 0 saturated heterocycles. The fraction of sp³-hybridized carbons (Fsp3) is 0.435. The molecule has 0 unspecified atom stereocenters. The number of nitrogens with zero attached hydrogens (tertiary/aromatic N) is 1. The first-order valence-corrected chi connectivity index (χ1v) is 10.8. The van der Waals surface area contributed by atoms with Gasteiger partial charge in [-0.2, -0.15) is 0 Å². The molecule has 8 heteroatoms. The van der Waals surface area contributed by atoms with Gasteiger partial charge in [0.25, 0.3) is 0 Å². The highest BCUT2D eigenvalue weighted by atomic mass is 35.5. The summed E-state index contributed by atoms with van der Waals surface area (Å²) in [6, 6.07) is 8.58. The number of thiocarbonyl (C=S) groups is 1. The van der Waals surface area contributed by atoms with E-state index in [1.807, 2.05) is 13.8 Å². The van der Waals surface area contributed by atoms with Crippen LogP contribution in [0.4, 0.5) is 0 Å². The van der Waals surface area contributed by atoms with Crippen molar-refractivity contribution in [2.24, 2.45) is 11.8 Å². The molecule has 3 atom stereocenters. The number of carbonyl (C=O) groups is 1. The van der Waals surface area contributed by atoms with Crippen LogP contribution in [-0.2, 0) is 9.53 Å². The number of carbonyl (C=O) groups excluding carboxylic acids is 1. The van der Waals surface area contributed by atoms with Crippen LogP contribution in [0.5, 0.6) is 17.2 Å². The zero-order chi connectivity index (χ0) is 23.1. The molecule has 0 saturated carbocycles. The first-order valence-electron chi connectivity index (χ1n) is 10.0. The second-order valence-electron chi connectivity index (χ2n) is 7.66. The van der Waals surface area contributed by atoms with Gasteiger partial charge in [0, 0.05) is 22.2 Å². The van der Waals surface area contributed by atoms with E-state index in [9.17, 15) is 9.90 Å². The Morgan fingerprint density at radius 1 is 1.16 bits per heavy atom. The second kappa shape index (κ2) is 11.3. The quantitative estimate of drug-likeness (QED) is 0.292. The molecule has 0 fully saturated rings. The lowest BCUT2D eigenvalue weighted by Crippen LogP contribution is -2.38. The van der Waals surface area contributed by atoms with Crippen molar-refractivity contribution in [3.8, 4) is 17.2 Å². The van der Waals surface area contributed by atoms with Crippen molar-refractivity contribution in [3.63, 3.8) is 0 Å². The van der Waals surface area contributed by atoms with Crippen molar-refractivity contribution in [3.05, 3.63) is 47.2 Å². The number of esters is 1. The SMILES string of the molecule is COc1ccnc(C(=S)C[C@@H](C)C(=O)O[C@@H](C)[C@H](Oc2ccc(Cl)cc2)C(C)C)c1O. The van der Waals surface area contributed by atoms with E-state index in [-0.39, 0.29) is 35.6 Å². The van der Waals surface area contributed by atoms with Crippen LogP contribution in [0.1, 0.15) is 39.8 Å². The molecular formula is C23H28ClNO5S. The summed E-state index contributed by atoms with van der Waals surface area (Å²) in [5, 5.41) is 10.9.